The second-order valence-corrected chi connectivity index (χ2v) is 6.18. The zero-order valence-electron chi connectivity index (χ0n) is 7.52. The van der Waals surface area contributed by atoms with Crippen LogP contribution in [0.4, 0.5) is 0 Å². The van der Waals surface area contributed by atoms with Gasteiger partial charge >= 0.3 is 0 Å². The van der Waals surface area contributed by atoms with Crippen LogP contribution in [0.2, 0.25) is 0 Å². The molecule has 2 aromatic rings. The first-order valence-corrected chi connectivity index (χ1v) is 6.54. The molecule has 0 fully saturated rings. The molecule has 78 valence electrons. The van der Waals surface area contributed by atoms with Gasteiger partial charge in [0.05, 0.1) is 9.83 Å². The average molecular weight is 349 g/mol. The monoisotopic (exact) mass is 347 g/mol. The van der Waals surface area contributed by atoms with E-state index < -0.39 is 0 Å². The third-order valence-corrected chi connectivity index (χ3v) is 5.25. The largest absolute Gasteiger partial charge is 0.320 e. The van der Waals surface area contributed by atoms with Crippen LogP contribution in [0, 0.1) is 0 Å². The number of halogens is 2. The van der Waals surface area contributed by atoms with E-state index >= 15 is 0 Å². The third-order valence-electron chi connectivity index (χ3n) is 1.91. The van der Waals surface area contributed by atoms with E-state index in [4.69, 9.17) is 5.73 Å². The second kappa shape index (κ2) is 4.69. The first-order valence-electron chi connectivity index (χ1n) is 4.13. The molecule has 0 saturated carbocycles. The lowest BCUT2D eigenvalue weighted by Crippen LogP contribution is -2.10. The van der Waals surface area contributed by atoms with Crippen molar-refractivity contribution in [3.05, 3.63) is 43.5 Å². The van der Waals surface area contributed by atoms with E-state index in [1.165, 1.54) is 6.33 Å². The summed E-state index contributed by atoms with van der Waals surface area (Å²) in [7, 11) is 0. The van der Waals surface area contributed by atoms with Crippen LogP contribution in [-0.4, -0.2) is 9.97 Å². The maximum atomic E-state index is 6.09. The standard InChI is InChI=1S/C9H7Br2N3S/c10-6-1-7(15-9(6)11)8(12)5-2-13-4-14-3-5/h1-4,8H,12H2. The van der Waals surface area contributed by atoms with Crippen molar-refractivity contribution < 1.29 is 0 Å². The summed E-state index contributed by atoms with van der Waals surface area (Å²) in [5, 5.41) is 0. The molecule has 0 aliphatic heterocycles. The Bertz CT molecular complexity index is 438. The van der Waals surface area contributed by atoms with E-state index in [0.717, 1.165) is 18.7 Å². The van der Waals surface area contributed by atoms with Crippen LogP contribution in [0.1, 0.15) is 16.5 Å². The van der Waals surface area contributed by atoms with Crippen LogP contribution in [0.15, 0.2) is 33.0 Å². The minimum atomic E-state index is -0.168. The van der Waals surface area contributed by atoms with Gasteiger partial charge in [-0.25, -0.2) is 9.97 Å². The molecule has 0 saturated heterocycles. The van der Waals surface area contributed by atoms with E-state index in [2.05, 4.69) is 41.8 Å². The summed E-state index contributed by atoms with van der Waals surface area (Å²) in [5.74, 6) is 0. The van der Waals surface area contributed by atoms with Gasteiger partial charge in [-0.05, 0) is 37.9 Å². The van der Waals surface area contributed by atoms with Gasteiger partial charge in [0.15, 0.2) is 0 Å². The number of hydrogen-bond donors (Lipinski definition) is 1. The fourth-order valence-corrected chi connectivity index (χ4v) is 3.27. The summed E-state index contributed by atoms with van der Waals surface area (Å²) in [6, 6.07) is 1.84. The van der Waals surface area contributed by atoms with E-state index in [1.807, 2.05) is 6.07 Å². The van der Waals surface area contributed by atoms with Crippen LogP contribution >= 0.6 is 43.2 Å². The summed E-state index contributed by atoms with van der Waals surface area (Å²) < 4.78 is 2.07. The molecule has 0 radical (unpaired) electrons. The molecule has 0 amide bonds. The van der Waals surface area contributed by atoms with Gasteiger partial charge in [0, 0.05) is 27.3 Å². The smallest absolute Gasteiger partial charge is 0.115 e. The minimum Gasteiger partial charge on any atom is -0.320 e. The van der Waals surface area contributed by atoms with Crippen molar-refractivity contribution in [3.8, 4) is 0 Å². The van der Waals surface area contributed by atoms with Gasteiger partial charge in [-0.15, -0.1) is 11.3 Å². The lowest BCUT2D eigenvalue weighted by molar-refractivity contribution is 0.869. The van der Waals surface area contributed by atoms with Crippen molar-refractivity contribution in [2.45, 2.75) is 6.04 Å². The van der Waals surface area contributed by atoms with Gasteiger partial charge in [0.25, 0.3) is 0 Å². The SMILES string of the molecule is NC(c1cncnc1)c1cc(Br)c(Br)s1. The van der Waals surface area contributed by atoms with E-state index in [0.29, 0.717) is 0 Å². The van der Waals surface area contributed by atoms with Gasteiger partial charge in [-0.3, -0.25) is 0 Å². The summed E-state index contributed by atoms with van der Waals surface area (Å²) >= 11 is 8.48. The Morgan fingerprint density at radius 1 is 1.27 bits per heavy atom. The first-order chi connectivity index (χ1) is 7.18. The van der Waals surface area contributed by atoms with Crippen molar-refractivity contribution in [2.75, 3.05) is 0 Å². The van der Waals surface area contributed by atoms with Crippen molar-refractivity contribution in [1.29, 1.82) is 0 Å². The molecule has 0 aliphatic rings. The number of nitrogens with zero attached hydrogens (tertiary/aromatic N) is 2. The molecule has 2 aromatic heterocycles. The Morgan fingerprint density at radius 3 is 2.47 bits per heavy atom. The molecular formula is C9H7Br2N3S. The van der Waals surface area contributed by atoms with Gasteiger partial charge in [0.2, 0.25) is 0 Å². The van der Waals surface area contributed by atoms with Crippen molar-refractivity contribution in [2.24, 2.45) is 5.73 Å². The topological polar surface area (TPSA) is 51.8 Å². The van der Waals surface area contributed by atoms with Gasteiger partial charge in [0.1, 0.15) is 6.33 Å². The third kappa shape index (κ3) is 2.44. The number of nitrogens with two attached hydrogens (primary N) is 1. The fraction of sp³-hybridized carbons (Fsp3) is 0.111. The molecule has 3 nitrogen and oxygen atoms in total. The summed E-state index contributed by atoms with van der Waals surface area (Å²) in [6.45, 7) is 0. The molecule has 2 N–H and O–H groups in total. The van der Waals surface area contributed by atoms with E-state index in [1.54, 1.807) is 23.7 Å². The highest BCUT2D eigenvalue weighted by Gasteiger charge is 2.13. The molecule has 6 heteroatoms. The quantitative estimate of drug-likeness (QED) is 0.907. The molecule has 1 atom stereocenters. The molecule has 15 heavy (non-hydrogen) atoms. The lowest BCUT2D eigenvalue weighted by Gasteiger charge is -2.07. The number of aromatic nitrogens is 2. The Balaban J connectivity index is 2.32. The Kier molecular flexibility index (Phi) is 3.50. The number of hydrogen-bond acceptors (Lipinski definition) is 4. The summed E-state index contributed by atoms with van der Waals surface area (Å²) in [5.41, 5.74) is 7.00. The lowest BCUT2D eigenvalue weighted by atomic mass is 10.1. The molecule has 2 heterocycles. The van der Waals surface area contributed by atoms with Crippen molar-refractivity contribution in [1.82, 2.24) is 9.97 Å². The predicted molar refractivity (Wildman–Crippen MR) is 67.8 cm³/mol. The highest BCUT2D eigenvalue weighted by Crippen LogP contribution is 2.36. The van der Waals surface area contributed by atoms with Gasteiger partial charge < -0.3 is 5.73 Å². The van der Waals surface area contributed by atoms with Crippen LogP contribution in [0.3, 0.4) is 0 Å². The Morgan fingerprint density at radius 2 is 1.93 bits per heavy atom. The molecule has 0 spiro atoms. The van der Waals surface area contributed by atoms with Crippen LogP contribution in [0.5, 0.6) is 0 Å². The van der Waals surface area contributed by atoms with Gasteiger partial charge in [-0.1, -0.05) is 0 Å². The zero-order valence-corrected chi connectivity index (χ0v) is 11.5. The molecule has 1 unspecified atom stereocenters. The van der Waals surface area contributed by atoms with E-state index in [-0.39, 0.29) is 6.04 Å². The predicted octanol–water partition coefficient (Wildman–Crippen LogP) is 3.11. The number of thiophene rings is 1. The fourth-order valence-electron chi connectivity index (χ4n) is 1.15. The molecule has 0 aliphatic carbocycles. The summed E-state index contributed by atoms with van der Waals surface area (Å²) in [6.07, 6.45) is 4.97. The average Bonchev–Trinajstić information content (AvgIpc) is 2.59. The zero-order chi connectivity index (χ0) is 10.8. The molecule has 2 rings (SSSR count). The Hall–Kier alpha value is -0.300. The second-order valence-electron chi connectivity index (χ2n) is 2.92. The Labute approximate surface area is 108 Å². The van der Waals surface area contributed by atoms with Crippen molar-refractivity contribution in [3.63, 3.8) is 0 Å². The van der Waals surface area contributed by atoms with E-state index in [9.17, 15) is 0 Å². The van der Waals surface area contributed by atoms with Gasteiger partial charge in [-0.2, -0.15) is 0 Å². The highest BCUT2D eigenvalue weighted by atomic mass is 79.9. The highest BCUT2D eigenvalue weighted by molar-refractivity contribution is 9.13. The normalized spacial score (nSPS) is 12.7. The molecular weight excluding hydrogens is 342 g/mol. The van der Waals surface area contributed by atoms with Crippen LogP contribution < -0.4 is 5.73 Å². The van der Waals surface area contributed by atoms with Crippen LogP contribution in [0.25, 0.3) is 0 Å². The maximum Gasteiger partial charge on any atom is 0.115 e. The van der Waals surface area contributed by atoms with Crippen LogP contribution in [-0.2, 0) is 0 Å². The minimum absolute atomic E-state index is 0.168. The summed E-state index contributed by atoms with van der Waals surface area (Å²) in [4.78, 5) is 8.97. The maximum absolute atomic E-state index is 6.09. The first kappa shape index (κ1) is 11.2. The number of rotatable bonds is 2. The molecule has 0 aromatic carbocycles. The van der Waals surface area contributed by atoms with Crippen molar-refractivity contribution >= 4 is 43.2 Å². The molecule has 0 bridgehead atoms.